The number of amides is 2. The van der Waals surface area contributed by atoms with Crippen LogP contribution in [0.25, 0.3) is 0 Å². The number of aromatic nitrogens is 2. The zero-order valence-electron chi connectivity index (χ0n) is 16.4. The molecule has 0 atom stereocenters. The van der Waals surface area contributed by atoms with Gasteiger partial charge in [0.05, 0.1) is 0 Å². The first-order valence-electron chi connectivity index (χ1n) is 9.34. The molecule has 0 radical (unpaired) electrons. The maximum absolute atomic E-state index is 12.9. The van der Waals surface area contributed by atoms with Crippen molar-refractivity contribution in [3.63, 3.8) is 0 Å². The number of likely N-dealkylation sites (N-methyl/N-ethyl adjacent to an activating group) is 1. The van der Waals surface area contributed by atoms with Crippen LogP contribution in [0, 0.1) is 5.82 Å². The largest absolute Gasteiger partial charge is 0.484 e. The van der Waals surface area contributed by atoms with E-state index in [-0.39, 0.29) is 18.5 Å². The molecule has 0 unspecified atom stereocenters. The minimum absolute atomic E-state index is 0.0860. The first kappa shape index (κ1) is 20.3. The highest BCUT2D eigenvalue weighted by Gasteiger charge is 2.12. The normalized spacial score (nSPS) is 10.6. The van der Waals surface area contributed by atoms with Crippen molar-refractivity contribution in [1.82, 2.24) is 15.0 Å². The summed E-state index contributed by atoms with van der Waals surface area (Å²) >= 11 is 0. The molecule has 0 saturated heterocycles. The van der Waals surface area contributed by atoms with Gasteiger partial charge in [0, 0.05) is 25.7 Å². The molecule has 29 heavy (non-hydrogen) atoms. The molecule has 0 fully saturated rings. The molecule has 0 bridgehead atoms. The second-order valence-electron chi connectivity index (χ2n) is 6.50. The Kier molecular flexibility index (Phi) is 6.78. The predicted molar refractivity (Wildman–Crippen MR) is 106 cm³/mol. The van der Waals surface area contributed by atoms with Crippen LogP contribution in [0.3, 0.4) is 0 Å². The number of anilines is 1. The average molecular weight is 398 g/mol. The molecule has 0 spiro atoms. The second kappa shape index (κ2) is 9.68. The van der Waals surface area contributed by atoms with E-state index in [0.29, 0.717) is 30.4 Å². The number of carbonyl (C=O) groups is 1. The fraction of sp³-hybridized carbons (Fsp3) is 0.286. The van der Waals surface area contributed by atoms with Gasteiger partial charge in [-0.1, -0.05) is 24.2 Å². The molecule has 0 aliphatic rings. The third-order valence-corrected chi connectivity index (χ3v) is 4.32. The van der Waals surface area contributed by atoms with Gasteiger partial charge in [-0.25, -0.2) is 9.18 Å². The van der Waals surface area contributed by atoms with Gasteiger partial charge in [-0.3, -0.25) is 0 Å². The lowest BCUT2D eigenvalue weighted by Crippen LogP contribution is -2.33. The molecule has 0 aliphatic carbocycles. The van der Waals surface area contributed by atoms with E-state index < -0.39 is 0 Å². The Labute approximate surface area is 168 Å². The third-order valence-electron chi connectivity index (χ3n) is 4.32. The molecular formula is C21H23FN4O3. The molecule has 152 valence electrons. The highest BCUT2D eigenvalue weighted by Crippen LogP contribution is 2.13. The highest BCUT2D eigenvalue weighted by molar-refractivity contribution is 5.89. The standard InChI is InChI=1S/C21H23FN4O3/c1-3-15-4-8-17(9-5-15)23-21(27)26(2)13-12-19-24-20(29-25-19)14-28-18-10-6-16(22)7-11-18/h4-11H,3,12-14H2,1-2H3,(H,23,27). The van der Waals surface area contributed by atoms with Crippen molar-refractivity contribution < 1.29 is 18.4 Å². The molecule has 1 aromatic heterocycles. The number of nitrogens with one attached hydrogen (secondary N) is 1. The summed E-state index contributed by atoms with van der Waals surface area (Å²) in [5, 5.41) is 6.75. The Hall–Kier alpha value is -3.42. The zero-order valence-corrected chi connectivity index (χ0v) is 16.4. The molecule has 0 saturated carbocycles. The SMILES string of the molecule is CCc1ccc(NC(=O)N(C)CCc2noc(COc3ccc(F)cc3)n2)cc1. The monoisotopic (exact) mass is 398 g/mol. The van der Waals surface area contributed by atoms with Gasteiger partial charge in [0.1, 0.15) is 11.6 Å². The average Bonchev–Trinajstić information content (AvgIpc) is 3.20. The summed E-state index contributed by atoms with van der Waals surface area (Å²) < 4.78 is 23.5. The first-order valence-corrected chi connectivity index (χ1v) is 9.34. The number of ether oxygens (including phenoxy) is 1. The molecular weight excluding hydrogens is 375 g/mol. The van der Waals surface area contributed by atoms with Gasteiger partial charge in [-0.05, 0) is 48.4 Å². The zero-order chi connectivity index (χ0) is 20.6. The third kappa shape index (κ3) is 6.03. The second-order valence-corrected chi connectivity index (χ2v) is 6.50. The number of hydrogen-bond donors (Lipinski definition) is 1. The van der Waals surface area contributed by atoms with Crippen LogP contribution in [0.15, 0.2) is 53.1 Å². The number of rotatable bonds is 8. The quantitative estimate of drug-likeness (QED) is 0.619. The van der Waals surface area contributed by atoms with Crippen LogP contribution in [-0.4, -0.2) is 34.7 Å². The van der Waals surface area contributed by atoms with Crippen LogP contribution in [0.4, 0.5) is 14.9 Å². The summed E-state index contributed by atoms with van der Waals surface area (Å²) in [4.78, 5) is 18.1. The van der Waals surface area contributed by atoms with Gasteiger partial charge in [0.25, 0.3) is 5.89 Å². The van der Waals surface area contributed by atoms with Crippen LogP contribution < -0.4 is 10.1 Å². The van der Waals surface area contributed by atoms with Crippen LogP contribution >= 0.6 is 0 Å². The van der Waals surface area contributed by atoms with Crippen LogP contribution in [0.5, 0.6) is 5.75 Å². The number of urea groups is 1. The molecule has 0 aliphatic heterocycles. The summed E-state index contributed by atoms with van der Waals surface area (Å²) in [7, 11) is 1.70. The fourth-order valence-electron chi connectivity index (χ4n) is 2.54. The Morgan fingerprint density at radius 2 is 1.90 bits per heavy atom. The van der Waals surface area contributed by atoms with Crippen LogP contribution in [0.1, 0.15) is 24.2 Å². The van der Waals surface area contributed by atoms with Crippen molar-refractivity contribution in [2.75, 3.05) is 18.9 Å². The Bertz CT molecular complexity index is 926. The minimum Gasteiger partial charge on any atom is -0.484 e. The molecule has 1 heterocycles. The summed E-state index contributed by atoms with van der Waals surface area (Å²) in [6.07, 6.45) is 1.40. The van der Waals surface area contributed by atoms with Crippen LogP contribution in [0.2, 0.25) is 0 Å². The van der Waals surface area contributed by atoms with Crippen LogP contribution in [-0.2, 0) is 19.4 Å². The molecule has 2 amide bonds. The molecule has 2 aromatic carbocycles. The van der Waals surface area contributed by atoms with Gasteiger partial charge in [0.2, 0.25) is 0 Å². The molecule has 8 heteroatoms. The molecule has 3 rings (SSSR count). The van der Waals surface area contributed by atoms with E-state index in [2.05, 4.69) is 22.4 Å². The van der Waals surface area contributed by atoms with Gasteiger partial charge in [0.15, 0.2) is 12.4 Å². The van der Waals surface area contributed by atoms with Crippen molar-refractivity contribution in [1.29, 1.82) is 0 Å². The van der Waals surface area contributed by atoms with E-state index in [4.69, 9.17) is 9.26 Å². The molecule has 7 nitrogen and oxygen atoms in total. The Balaban J connectivity index is 1.44. The number of aryl methyl sites for hydroxylation is 1. The minimum atomic E-state index is -0.330. The summed E-state index contributed by atoms with van der Waals surface area (Å²) in [5.41, 5.74) is 1.96. The van der Waals surface area contributed by atoms with Gasteiger partial charge in [-0.2, -0.15) is 4.98 Å². The highest BCUT2D eigenvalue weighted by atomic mass is 19.1. The Morgan fingerprint density at radius 1 is 1.17 bits per heavy atom. The lowest BCUT2D eigenvalue weighted by molar-refractivity contribution is 0.222. The maximum Gasteiger partial charge on any atom is 0.321 e. The molecule has 1 N–H and O–H groups in total. The van der Waals surface area contributed by atoms with Gasteiger partial charge in [-0.15, -0.1) is 0 Å². The number of hydrogen-bond acceptors (Lipinski definition) is 5. The Morgan fingerprint density at radius 3 is 2.59 bits per heavy atom. The van der Waals surface area contributed by atoms with E-state index in [1.807, 2.05) is 24.3 Å². The lowest BCUT2D eigenvalue weighted by Gasteiger charge is -2.17. The van der Waals surface area contributed by atoms with E-state index >= 15 is 0 Å². The fourth-order valence-corrected chi connectivity index (χ4v) is 2.54. The maximum atomic E-state index is 12.9. The first-order chi connectivity index (χ1) is 14.0. The van der Waals surface area contributed by atoms with E-state index in [9.17, 15) is 9.18 Å². The summed E-state index contributed by atoms with van der Waals surface area (Å²) in [6.45, 7) is 2.60. The van der Waals surface area contributed by atoms with Crippen molar-refractivity contribution in [2.24, 2.45) is 0 Å². The number of carbonyl (C=O) groups excluding carboxylic acids is 1. The lowest BCUT2D eigenvalue weighted by atomic mass is 10.1. The van der Waals surface area contributed by atoms with Crippen molar-refractivity contribution in [2.45, 2.75) is 26.4 Å². The van der Waals surface area contributed by atoms with Gasteiger partial charge < -0.3 is 19.5 Å². The number of nitrogens with zero attached hydrogens (tertiary/aromatic N) is 3. The number of benzene rings is 2. The smallest absolute Gasteiger partial charge is 0.321 e. The van der Waals surface area contributed by atoms with E-state index in [1.165, 1.54) is 29.8 Å². The van der Waals surface area contributed by atoms with Crippen molar-refractivity contribution >= 4 is 11.7 Å². The van der Waals surface area contributed by atoms with Crippen molar-refractivity contribution in [3.8, 4) is 5.75 Å². The predicted octanol–water partition coefficient (Wildman–Crippen LogP) is 4.06. The summed E-state index contributed by atoms with van der Waals surface area (Å²) in [5.74, 6) is 0.972. The summed E-state index contributed by atoms with van der Waals surface area (Å²) in [6, 6.07) is 13.2. The topological polar surface area (TPSA) is 80.5 Å². The van der Waals surface area contributed by atoms with E-state index in [1.54, 1.807) is 11.9 Å². The number of halogens is 1. The van der Waals surface area contributed by atoms with Gasteiger partial charge >= 0.3 is 6.03 Å². The molecule has 3 aromatic rings. The van der Waals surface area contributed by atoms with Crippen molar-refractivity contribution in [3.05, 3.63) is 71.6 Å². The van der Waals surface area contributed by atoms with E-state index in [0.717, 1.165) is 12.1 Å².